The van der Waals surface area contributed by atoms with Gasteiger partial charge in [-0.05, 0) is 24.1 Å². The van der Waals surface area contributed by atoms with Crippen molar-refractivity contribution < 1.29 is 5.11 Å². The number of rotatable bonds is 5. The van der Waals surface area contributed by atoms with Gasteiger partial charge in [0.15, 0.2) is 0 Å². The molecular formula is C14H21NOS. The highest BCUT2D eigenvalue weighted by Gasteiger charge is 2.32. The third-order valence-corrected chi connectivity index (χ3v) is 4.67. The van der Waals surface area contributed by atoms with Gasteiger partial charge < -0.3 is 10.4 Å². The second-order valence-electron chi connectivity index (χ2n) is 4.61. The monoisotopic (exact) mass is 251 g/mol. The average Bonchev–Trinajstić information content (AvgIpc) is 2.68. The van der Waals surface area contributed by atoms with Gasteiger partial charge in [0.25, 0.3) is 0 Å². The van der Waals surface area contributed by atoms with E-state index >= 15 is 0 Å². The summed E-state index contributed by atoms with van der Waals surface area (Å²) in [7, 11) is 0. The molecule has 0 amide bonds. The Hall–Kier alpha value is -0.510. The molecular weight excluding hydrogens is 230 g/mol. The third-order valence-electron chi connectivity index (χ3n) is 3.27. The second-order valence-corrected chi connectivity index (χ2v) is 6.29. The molecule has 3 atom stereocenters. The highest BCUT2D eigenvalue weighted by Crippen LogP contribution is 2.39. The fourth-order valence-corrected chi connectivity index (χ4v) is 3.85. The van der Waals surface area contributed by atoms with E-state index in [4.69, 9.17) is 0 Å². The molecule has 1 aromatic rings. The number of aliphatic hydroxyl groups is 1. The van der Waals surface area contributed by atoms with Gasteiger partial charge in [-0.15, -0.1) is 0 Å². The van der Waals surface area contributed by atoms with E-state index in [0.29, 0.717) is 16.5 Å². The Labute approximate surface area is 108 Å². The smallest absolute Gasteiger partial charge is 0.0547 e. The average molecular weight is 251 g/mol. The number of thioether (sulfide) groups is 1. The quantitative estimate of drug-likeness (QED) is 0.843. The van der Waals surface area contributed by atoms with Gasteiger partial charge in [-0.2, -0.15) is 11.8 Å². The molecule has 17 heavy (non-hydrogen) atoms. The van der Waals surface area contributed by atoms with Crippen LogP contribution >= 0.6 is 11.8 Å². The van der Waals surface area contributed by atoms with Crippen LogP contribution in [-0.2, 0) is 6.42 Å². The van der Waals surface area contributed by atoms with Crippen molar-refractivity contribution in [2.45, 2.75) is 36.8 Å². The minimum Gasteiger partial charge on any atom is -0.395 e. The van der Waals surface area contributed by atoms with E-state index in [1.54, 1.807) is 0 Å². The number of aliphatic hydroxyl groups excluding tert-OH is 1. The van der Waals surface area contributed by atoms with Gasteiger partial charge in [0.05, 0.1) is 6.61 Å². The summed E-state index contributed by atoms with van der Waals surface area (Å²) in [6.45, 7) is 5.49. The van der Waals surface area contributed by atoms with E-state index in [9.17, 15) is 5.11 Å². The second kappa shape index (κ2) is 5.89. The van der Waals surface area contributed by atoms with Crippen LogP contribution in [0.2, 0.25) is 0 Å². The Bertz CT molecular complexity index is 369. The molecule has 3 heteroatoms. The van der Waals surface area contributed by atoms with Crippen LogP contribution in [0.3, 0.4) is 0 Å². The molecule has 0 aliphatic heterocycles. The van der Waals surface area contributed by atoms with Gasteiger partial charge in [0, 0.05) is 16.5 Å². The zero-order chi connectivity index (χ0) is 12.3. The molecule has 0 aromatic heterocycles. The van der Waals surface area contributed by atoms with Crippen LogP contribution in [0, 0.1) is 0 Å². The van der Waals surface area contributed by atoms with Crippen molar-refractivity contribution in [3.05, 3.63) is 35.4 Å². The van der Waals surface area contributed by atoms with Gasteiger partial charge in [0.2, 0.25) is 0 Å². The van der Waals surface area contributed by atoms with Crippen molar-refractivity contribution >= 4 is 11.8 Å². The Morgan fingerprint density at radius 3 is 2.94 bits per heavy atom. The first-order chi connectivity index (χ1) is 8.26. The number of nitrogens with one attached hydrogen (secondary N) is 1. The Kier molecular flexibility index (Phi) is 4.48. The lowest BCUT2D eigenvalue weighted by Crippen LogP contribution is -2.28. The summed E-state index contributed by atoms with van der Waals surface area (Å²) in [4.78, 5) is 0. The van der Waals surface area contributed by atoms with Crippen LogP contribution in [0.5, 0.6) is 0 Å². The molecule has 1 aromatic carbocycles. The normalized spacial score (nSPS) is 24.6. The lowest BCUT2D eigenvalue weighted by Gasteiger charge is -2.23. The lowest BCUT2D eigenvalue weighted by molar-refractivity contribution is 0.299. The largest absolute Gasteiger partial charge is 0.395 e. The van der Waals surface area contributed by atoms with Gasteiger partial charge in [-0.3, -0.25) is 0 Å². The first-order valence-electron chi connectivity index (χ1n) is 6.33. The number of hydrogen-bond donors (Lipinski definition) is 2. The molecule has 2 N–H and O–H groups in total. The van der Waals surface area contributed by atoms with Crippen molar-refractivity contribution in [1.29, 1.82) is 0 Å². The molecule has 3 unspecified atom stereocenters. The van der Waals surface area contributed by atoms with Crippen molar-refractivity contribution in [2.75, 3.05) is 13.2 Å². The highest BCUT2D eigenvalue weighted by atomic mass is 32.2. The number of benzene rings is 1. The molecule has 2 rings (SSSR count). The molecule has 0 heterocycles. The molecule has 1 aliphatic rings. The summed E-state index contributed by atoms with van der Waals surface area (Å²) in [6, 6.07) is 9.13. The summed E-state index contributed by atoms with van der Waals surface area (Å²) in [6.07, 6.45) is 1.11. The third kappa shape index (κ3) is 2.84. The fourth-order valence-electron chi connectivity index (χ4n) is 2.49. The summed E-state index contributed by atoms with van der Waals surface area (Å²) in [5.74, 6) is 0. The van der Waals surface area contributed by atoms with Crippen molar-refractivity contribution in [2.24, 2.45) is 0 Å². The summed E-state index contributed by atoms with van der Waals surface area (Å²) in [5.41, 5.74) is 2.90. The highest BCUT2D eigenvalue weighted by molar-refractivity contribution is 8.00. The van der Waals surface area contributed by atoms with E-state index < -0.39 is 0 Å². The molecule has 0 saturated carbocycles. The van der Waals surface area contributed by atoms with Crippen LogP contribution in [0.1, 0.15) is 31.0 Å². The maximum absolute atomic E-state index is 9.19. The molecule has 0 saturated heterocycles. The maximum atomic E-state index is 9.19. The summed E-state index contributed by atoms with van der Waals surface area (Å²) < 4.78 is 0. The molecule has 0 fully saturated rings. The molecule has 0 spiro atoms. The first kappa shape index (κ1) is 12.9. The first-order valence-corrected chi connectivity index (χ1v) is 7.28. The minimum atomic E-state index is 0.260. The van der Waals surface area contributed by atoms with Gasteiger partial charge in [0.1, 0.15) is 0 Å². The standard InChI is InChI=1S/C14H21NOS/c1-3-15-14-12-7-5-4-6-11(12)8-13(14)17-10(2)9-16/h4-7,10,13-16H,3,8-9H2,1-2H3. The zero-order valence-electron chi connectivity index (χ0n) is 10.5. The minimum absolute atomic E-state index is 0.260. The van der Waals surface area contributed by atoms with E-state index in [0.717, 1.165) is 13.0 Å². The Balaban J connectivity index is 2.14. The van der Waals surface area contributed by atoms with E-state index in [-0.39, 0.29) is 6.61 Å². The molecule has 1 aliphatic carbocycles. The number of hydrogen-bond acceptors (Lipinski definition) is 3. The summed E-state index contributed by atoms with van der Waals surface area (Å²) in [5, 5.41) is 13.6. The van der Waals surface area contributed by atoms with Crippen LogP contribution < -0.4 is 5.32 Å². The van der Waals surface area contributed by atoms with Crippen LogP contribution in [0.25, 0.3) is 0 Å². The fraction of sp³-hybridized carbons (Fsp3) is 0.571. The van der Waals surface area contributed by atoms with Gasteiger partial charge in [-0.1, -0.05) is 38.1 Å². The van der Waals surface area contributed by atoms with E-state index in [2.05, 4.69) is 43.4 Å². The van der Waals surface area contributed by atoms with Gasteiger partial charge >= 0.3 is 0 Å². The maximum Gasteiger partial charge on any atom is 0.0547 e. The SMILES string of the molecule is CCNC1c2ccccc2CC1SC(C)CO. The van der Waals surface area contributed by atoms with Crippen molar-refractivity contribution in [3.8, 4) is 0 Å². The number of fused-ring (bicyclic) bond motifs is 1. The molecule has 2 nitrogen and oxygen atoms in total. The lowest BCUT2D eigenvalue weighted by atomic mass is 10.1. The van der Waals surface area contributed by atoms with Crippen LogP contribution in [0.4, 0.5) is 0 Å². The van der Waals surface area contributed by atoms with E-state index in [1.807, 2.05) is 11.8 Å². The topological polar surface area (TPSA) is 32.3 Å². The Morgan fingerprint density at radius 2 is 2.24 bits per heavy atom. The van der Waals surface area contributed by atoms with Crippen molar-refractivity contribution in [1.82, 2.24) is 5.32 Å². The zero-order valence-corrected chi connectivity index (χ0v) is 11.3. The predicted molar refractivity (Wildman–Crippen MR) is 74.5 cm³/mol. The Morgan fingerprint density at radius 1 is 1.47 bits per heavy atom. The van der Waals surface area contributed by atoms with Crippen LogP contribution in [-0.4, -0.2) is 28.8 Å². The van der Waals surface area contributed by atoms with Crippen molar-refractivity contribution in [3.63, 3.8) is 0 Å². The summed E-state index contributed by atoms with van der Waals surface area (Å²) >= 11 is 1.90. The molecule has 0 bridgehead atoms. The molecule has 94 valence electrons. The predicted octanol–water partition coefficient (Wildman–Crippen LogP) is 2.38. The van der Waals surface area contributed by atoms with E-state index in [1.165, 1.54) is 11.1 Å². The molecule has 0 radical (unpaired) electrons. The van der Waals surface area contributed by atoms with Gasteiger partial charge in [-0.25, -0.2) is 0 Å². The van der Waals surface area contributed by atoms with Crippen LogP contribution in [0.15, 0.2) is 24.3 Å².